The third-order valence-corrected chi connectivity index (χ3v) is 5.01. The van der Waals surface area contributed by atoms with E-state index in [9.17, 15) is 4.79 Å². The van der Waals surface area contributed by atoms with E-state index < -0.39 is 5.97 Å². The molecule has 1 aliphatic heterocycles. The Bertz CT molecular complexity index is 524. The van der Waals surface area contributed by atoms with Crippen LogP contribution in [0.15, 0.2) is 18.2 Å². The van der Waals surface area contributed by atoms with Gasteiger partial charge in [0.15, 0.2) is 0 Å². The molecule has 3 atom stereocenters. The van der Waals surface area contributed by atoms with Gasteiger partial charge in [-0.25, -0.2) is 4.79 Å². The normalized spacial score (nSPS) is 28.7. The van der Waals surface area contributed by atoms with Crippen LogP contribution in [0.4, 0.5) is 5.69 Å². The fraction of sp³-hybridized carbons (Fsp3) is 0.588. The minimum atomic E-state index is -0.863. The zero-order valence-electron chi connectivity index (χ0n) is 12.6. The van der Waals surface area contributed by atoms with Gasteiger partial charge in [0.25, 0.3) is 0 Å². The SMILES string of the molecule is Cc1ccc(C(=O)O)cc1NC1CCCC1C1CCCN1. The molecule has 1 heterocycles. The largest absolute Gasteiger partial charge is 0.478 e. The van der Waals surface area contributed by atoms with E-state index in [0.717, 1.165) is 17.8 Å². The smallest absolute Gasteiger partial charge is 0.335 e. The van der Waals surface area contributed by atoms with Crippen LogP contribution in [0.1, 0.15) is 48.0 Å². The van der Waals surface area contributed by atoms with E-state index in [2.05, 4.69) is 10.6 Å². The summed E-state index contributed by atoms with van der Waals surface area (Å²) in [7, 11) is 0. The Labute approximate surface area is 125 Å². The average molecular weight is 288 g/mol. The first kappa shape index (κ1) is 14.4. The van der Waals surface area contributed by atoms with E-state index in [-0.39, 0.29) is 0 Å². The number of aromatic carboxylic acids is 1. The Morgan fingerprint density at radius 1 is 1.29 bits per heavy atom. The van der Waals surface area contributed by atoms with Crippen molar-refractivity contribution in [3.05, 3.63) is 29.3 Å². The predicted octanol–water partition coefficient (Wildman–Crippen LogP) is 3.03. The molecule has 0 amide bonds. The average Bonchev–Trinajstić information content (AvgIpc) is 3.11. The van der Waals surface area contributed by atoms with Gasteiger partial charge < -0.3 is 15.7 Å². The molecule has 2 fully saturated rings. The van der Waals surface area contributed by atoms with Crippen LogP contribution in [0.2, 0.25) is 0 Å². The second-order valence-electron chi connectivity index (χ2n) is 6.38. The maximum absolute atomic E-state index is 11.1. The van der Waals surface area contributed by atoms with Crippen molar-refractivity contribution in [3.63, 3.8) is 0 Å². The molecule has 0 aromatic heterocycles. The maximum atomic E-state index is 11.1. The van der Waals surface area contributed by atoms with Crippen LogP contribution >= 0.6 is 0 Å². The van der Waals surface area contributed by atoms with Crippen molar-refractivity contribution < 1.29 is 9.90 Å². The number of carboxylic acids is 1. The van der Waals surface area contributed by atoms with Gasteiger partial charge in [-0.15, -0.1) is 0 Å². The van der Waals surface area contributed by atoms with E-state index in [4.69, 9.17) is 5.11 Å². The minimum absolute atomic E-state index is 0.358. The summed E-state index contributed by atoms with van der Waals surface area (Å²) in [4.78, 5) is 11.1. The molecule has 3 N–H and O–H groups in total. The van der Waals surface area contributed by atoms with Crippen molar-refractivity contribution >= 4 is 11.7 Å². The molecule has 1 aromatic carbocycles. The lowest BCUT2D eigenvalue weighted by Gasteiger charge is -2.28. The summed E-state index contributed by atoms with van der Waals surface area (Å²) in [6.07, 6.45) is 6.27. The lowest BCUT2D eigenvalue weighted by molar-refractivity contribution is 0.0697. The molecule has 3 rings (SSSR count). The second-order valence-corrected chi connectivity index (χ2v) is 6.38. The van der Waals surface area contributed by atoms with E-state index in [0.29, 0.717) is 23.6 Å². The topological polar surface area (TPSA) is 61.4 Å². The highest BCUT2D eigenvalue weighted by molar-refractivity contribution is 5.89. The zero-order chi connectivity index (χ0) is 14.8. The van der Waals surface area contributed by atoms with Crippen LogP contribution in [0.3, 0.4) is 0 Å². The summed E-state index contributed by atoms with van der Waals surface area (Å²) in [5, 5.41) is 16.4. The Morgan fingerprint density at radius 2 is 2.14 bits per heavy atom. The van der Waals surface area contributed by atoms with Gasteiger partial charge in [-0.1, -0.05) is 12.5 Å². The Morgan fingerprint density at radius 3 is 2.86 bits per heavy atom. The highest BCUT2D eigenvalue weighted by Crippen LogP contribution is 2.34. The van der Waals surface area contributed by atoms with E-state index in [1.807, 2.05) is 13.0 Å². The Hall–Kier alpha value is -1.55. The molecule has 1 aliphatic carbocycles. The molecule has 1 aromatic rings. The Kier molecular flexibility index (Phi) is 4.15. The molecule has 1 saturated heterocycles. The lowest BCUT2D eigenvalue weighted by atomic mass is 9.92. The number of rotatable bonds is 4. The van der Waals surface area contributed by atoms with Crippen LogP contribution in [-0.4, -0.2) is 29.7 Å². The molecule has 0 spiro atoms. The molecule has 0 bridgehead atoms. The molecule has 3 unspecified atom stereocenters. The third-order valence-electron chi connectivity index (χ3n) is 5.01. The van der Waals surface area contributed by atoms with Crippen molar-refractivity contribution in [2.75, 3.05) is 11.9 Å². The summed E-state index contributed by atoms with van der Waals surface area (Å²) in [6.45, 7) is 3.17. The summed E-state index contributed by atoms with van der Waals surface area (Å²) >= 11 is 0. The van der Waals surface area contributed by atoms with Gasteiger partial charge in [-0.3, -0.25) is 0 Å². The third kappa shape index (κ3) is 3.05. The number of aryl methyl sites for hydroxylation is 1. The van der Waals surface area contributed by atoms with Gasteiger partial charge in [0, 0.05) is 17.8 Å². The first-order valence-electron chi connectivity index (χ1n) is 7.99. The minimum Gasteiger partial charge on any atom is -0.478 e. The van der Waals surface area contributed by atoms with Crippen molar-refractivity contribution in [2.24, 2.45) is 5.92 Å². The molecule has 4 nitrogen and oxygen atoms in total. The van der Waals surface area contributed by atoms with Gasteiger partial charge >= 0.3 is 5.97 Å². The first-order chi connectivity index (χ1) is 10.1. The second kappa shape index (κ2) is 6.06. The molecular formula is C17H24N2O2. The lowest BCUT2D eigenvalue weighted by Crippen LogP contribution is -2.38. The molecular weight excluding hydrogens is 264 g/mol. The summed E-state index contributed by atoms with van der Waals surface area (Å²) in [5.74, 6) is -0.195. The molecule has 114 valence electrons. The Balaban J connectivity index is 1.75. The molecule has 2 aliphatic rings. The van der Waals surface area contributed by atoms with Crippen LogP contribution in [-0.2, 0) is 0 Å². The standard InChI is InChI=1S/C17H24N2O2/c1-11-7-8-12(17(20)21)10-16(11)19-15-5-2-4-13(15)14-6-3-9-18-14/h7-8,10,13-15,18-19H,2-6,9H2,1H3,(H,20,21). The molecule has 4 heteroatoms. The summed E-state index contributed by atoms with van der Waals surface area (Å²) in [5.41, 5.74) is 2.45. The fourth-order valence-corrected chi connectivity index (χ4v) is 3.84. The van der Waals surface area contributed by atoms with Gasteiger partial charge in [0.1, 0.15) is 0 Å². The van der Waals surface area contributed by atoms with Crippen LogP contribution in [0.5, 0.6) is 0 Å². The first-order valence-corrected chi connectivity index (χ1v) is 7.99. The quantitative estimate of drug-likeness (QED) is 0.797. The van der Waals surface area contributed by atoms with Crippen molar-refractivity contribution in [1.29, 1.82) is 0 Å². The number of carboxylic acid groups (broad SMARTS) is 1. The molecule has 1 saturated carbocycles. The summed E-state index contributed by atoms with van der Waals surface area (Å²) in [6, 6.07) is 6.43. The predicted molar refractivity (Wildman–Crippen MR) is 83.9 cm³/mol. The van der Waals surface area contributed by atoms with Crippen molar-refractivity contribution in [3.8, 4) is 0 Å². The fourth-order valence-electron chi connectivity index (χ4n) is 3.84. The number of carbonyl (C=O) groups is 1. The maximum Gasteiger partial charge on any atom is 0.335 e. The highest BCUT2D eigenvalue weighted by Gasteiger charge is 2.35. The van der Waals surface area contributed by atoms with E-state index in [1.54, 1.807) is 12.1 Å². The number of benzene rings is 1. The summed E-state index contributed by atoms with van der Waals surface area (Å²) < 4.78 is 0. The number of hydrogen-bond donors (Lipinski definition) is 3. The van der Waals surface area contributed by atoms with Gasteiger partial charge in [0.2, 0.25) is 0 Å². The number of anilines is 1. The molecule has 0 radical (unpaired) electrons. The van der Waals surface area contributed by atoms with Crippen molar-refractivity contribution in [1.82, 2.24) is 5.32 Å². The van der Waals surface area contributed by atoms with Crippen LogP contribution < -0.4 is 10.6 Å². The molecule has 21 heavy (non-hydrogen) atoms. The van der Waals surface area contributed by atoms with Crippen LogP contribution in [0, 0.1) is 12.8 Å². The number of nitrogens with one attached hydrogen (secondary N) is 2. The van der Waals surface area contributed by atoms with Crippen molar-refractivity contribution in [2.45, 2.75) is 51.1 Å². The van der Waals surface area contributed by atoms with Gasteiger partial charge in [0.05, 0.1) is 5.56 Å². The van der Waals surface area contributed by atoms with Gasteiger partial charge in [-0.05, 0) is 62.8 Å². The number of hydrogen-bond acceptors (Lipinski definition) is 3. The van der Waals surface area contributed by atoms with Crippen LogP contribution in [0.25, 0.3) is 0 Å². The highest BCUT2D eigenvalue weighted by atomic mass is 16.4. The monoisotopic (exact) mass is 288 g/mol. The van der Waals surface area contributed by atoms with E-state index >= 15 is 0 Å². The van der Waals surface area contributed by atoms with Gasteiger partial charge in [-0.2, -0.15) is 0 Å². The zero-order valence-corrected chi connectivity index (χ0v) is 12.6. The van der Waals surface area contributed by atoms with E-state index in [1.165, 1.54) is 32.1 Å².